The smallest absolute Gasteiger partial charge is 0.511 e. The number of rotatable bonds is 2. The van der Waals surface area contributed by atoms with Crippen LogP contribution >= 0.6 is 27.5 Å². The summed E-state index contributed by atoms with van der Waals surface area (Å²) in [5.74, 6) is 0.161. The lowest BCUT2D eigenvalue weighted by Crippen LogP contribution is -2.20. The molecule has 1 rings (SSSR count). The normalized spacial score (nSPS) is 9.67. The van der Waals surface area contributed by atoms with E-state index in [0.29, 0.717) is 4.60 Å². The van der Waals surface area contributed by atoms with E-state index in [0.717, 1.165) is 0 Å². The molecule has 0 saturated carbocycles. The minimum absolute atomic E-state index is 0.161. The monoisotopic (exact) mass is 251 g/mol. The molecule has 2 N–H and O–H groups in total. The van der Waals surface area contributed by atoms with Crippen molar-refractivity contribution in [2.75, 3.05) is 0 Å². The highest BCUT2D eigenvalue weighted by Gasteiger charge is 2.13. The first-order chi connectivity index (χ1) is 5.59. The second-order valence-corrected chi connectivity index (χ2v) is 3.10. The van der Waals surface area contributed by atoms with Gasteiger partial charge in [-0.15, -0.1) is 0 Å². The second kappa shape index (κ2) is 4.09. The molecule has 0 fully saturated rings. The summed E-state index contributed by atoms with van der Waals surface area (Å²) < 4.78 is 5.04. The number of pyridine rings is 1. The van der Waals surface area contributed by atoms with E-state index < -0.39 is 7.32 Å². The summed E-state index contributed by atoms with van der Waals surface area (Å²) in [5.41, 5.74) is 0. The molecule has 4 nitrogen and oxygen atoms in total. The lowest BCUT2D eigenvalue weighted by Gasteiger charge is -2.05. The summed E-state index contributed by atoms with van der Waals surface area (Å²) in [7, 11) is -1.88. The SMILES string of the molecule is OB(O)Oc1cc(Br)ncc1Cl. The van der Waals surface area contributed by atoms with Gasteiger partial charge >= 0.3 is 7.32 Å². The highest BCUT2D eigenvalue weighted by molar-refractivity contribution is 9.10. The van der Waals surface area contributed by atoms with Gasteiger partial charge in [0.1, 0.15) is 10.4 Å². The van der Waals surface area contributed by atoms with Crippen LogP contribution in [0.3, 0.4) is 0 Å². The maximum absolute atomic E-state index is 8.46. The maximum Gasteiger partial charge on any atom is 0.707 e. The van der Waals surface area contributed by atoms with Crippen LogP contribution in [0.2, 0.25) is 5.02 Å². The fourth-order valence-electron chi connectivity index (χ4n) is 0.600. The van der Waals surface area contributed by atoms with Gasteiger partial charge in [0.15, 0.2) is 0 Å². The van der Waals surface area contributed by atoms with E-state index in [9.17, 15) is 0 Å². The first kappa shape index (κ1) is 9.79. The molecule has 0 aromatic carbocycles. The molecule has 0 spiro atoms. The van der Waals surface area contributed by atoms with Crippen LogP contribution in [0, 0.1) is 0 Å². The zero-order valence-electron chi connectivity index (χ0n) is 5.74. The van der Waals surface area contributed by atoms with Gasteiger partial charge < -0.3 is 14.7 Å². The maximum atomic E-state index is 8.46. The van der Waals surface area contributed by atoms with Crippen molar-refractivity contribution in [2.24, 2.45) is 0 Å². The van der Waals surface area contributed by atoms with Crippen molar-refractivity contribution in [3.8, 4) is 5.75 Å². The molecule has 7 heteroatoms. The molecule has 0 saturated heterocycles. The number of halogens is 2. The third-order valence-corrected chi connectivity index (χ3v) is 1.74. The zero-order valence-corrected chi connectivity index (χ0v) is 8.08. The Balaban J connectivity index is 2.90. The van der Waals surface area contributed by atoms with Gasteiger partial charge in [0, 0.05) is 6.07 Å². The molecule has 0 amide bonds. The second-order valence-electron chi connectivity index (χ2n) is 1.88. The fraction of sp³-hybridized carbons (Fsp3) is 0. The topological polar surface area (TPSA) is 62.6 Å². The number of aromatic nitrogens is 1. The van der Waals surface area contributed by atoms with E-state index in [4.69, 9.17) is 21.6 Å². The van der Waals surface area contributed by atoms with Crippen LogP contribution in [0.5, 0.6) is 5.75 Å². The number of nitrogens with zero attached hydrogens (tertiary/aromatic N) is 1. The van der Waals surface area contributed by atoms with Crippen molar-refractivity contribution in [3.05, 3.63) is 21.9 Å². The van der Waals surface area contributed by atoms with Gasteiger partial charge in [0.2, 0.25) is 0 Å². The van der Waals surface area contributed by atoms with E-state index in [1.165, 1.54) is 12.3 Å². The Hall–Kier alpha value is -0.295. The Kier molecular flexibility index (Phi) is 3.34. The highest BCUT2D eigenvalue weighted by Crippen LogP contribution is 2.25. The lowest BCUT2D eigenvalue weighted by molar-refractivity contribution is 0.288. The van der Waals surface area contributed by atoms with Gasteiger partial charge in [0.25, 0.3) is 0 Å². The summed E-state index contributed by atoms with van der Waals surface area (Å²) in [6.45, 7) is 0. The molecule has 1 aromatic heterocycles. The van der Waals surface area contributed by atoms with Crippen LogP contribution in [0.4, 0.5) is 0 Å². The molecule has 64 valence electrons. The molecule has 1 heterocycles. The first-order valence-electron chi connectivity index (χ1n) is 2.93. The number of hydrogen-bond acceptors (Lipinski definition) is 4. The minimum Gasteiger partial charge on any atom is -0.511 e. The van der Waals surface area contributed by atoms with Gasteiger partial charge in [-0.3, -0.25) is 0 Å². The molecule has 1 aromatic rings. The summed E-state index contributed by atoms with van der Waals surface area (Å²) in [6.07, 6.45) is 1.34. The quantitative estimate of drug-likeness (QED) is 0.605. The van der Waals surface area contributed by atoms with Crippen molar-refractivity contribution in [2.45, 2.75) is 0 Å². The van der Waals surface area contributed by atoms with Crippen LogP contribution in [-0.2, 0) is 0 Å². The van der Waals surface area contributed by atoms with E-state index >= 15 is 0 Å². The minimum atomic E-state index is -1.88. The lowest BCUT2D eigenvalue weighted by atomic mass is 10.2. The molecule has 0 aliphatic carbocycles. The Bertz CT molecular complexity index is 285. The predicted molar refractivity (Wildman–Crippen MR) is 47.8 cm³/mol. The summed E-state index contributed by atoms with van der Waals surface area (Å²) in [5, 5.41) is 17.1. The summed E-state index contributed by atoms with van der Waals surface area (Å²) >= 11 is 8.68. The third kappa shape index (κ3) is 2.64. The van der Waals surface area contributed by atoms with E-state index in [1.807, 2.05) is 0 Å². The zero-order chi connectivity index (χ0) is 9.14. The van der Waals surface area contributed by atoms with Gasteiger partial charge in [0.05, 0.1) is 11.2 Å². The molecule has 0 aliphatic rings. The van der Waals surface area contributed by atoms with Crippen LogP contribution in [0.25, 0.3) is 0 Å². The molecule has 0 bridgehead atoms. The molecule has 0 unspecified atom stereocenters. The van der Waals surface area contributed by atoms with Gasteiger partial charge in [-0.1, -0.05) is 11.6 Å². The van der Waals surface area contributed by atoms with Crippen molar-refractivity contribution >= 4 is 34.9 Å². The summed E-state index contributed by atoms with van der Waals surface area (Å²) in [6, 6.07) is 1.43. The van der Waals surface area contributed by atoms with Gasteiger partial charge in [-0.25, -0.2) is 4.98 Å². The van der Waals surface area contributed by atoms with Crippen molar-refractivity contribution < 1.29 is 14.7 Å². The Labute approximate surface area is 82.5 Å². The van der Waals surface area contributed by atoms with E-state index in [2.05, 4.69) is 25.6 Å². The van der Waals surface area contributed by atoms with E-state index in [1.54, 1.807) is 0 Å². The van der Waals surface area contributed by atoms with Crippen molar-refractivity contribution in [3.63, 3.8) is 0 Å². The Morgan fingerprint density at radius 3 is 2.83 bits per heavy atom. The van der Waals surface area contributed by atoms with Crippen LogP contribution in [0.15, 0.2) is 16.9 Å². The Morgan fingerprint density at radius 2 is 2.25 bits per heavy atom. The van der Waals surface area contributed by atoms with Crippen molar-refractivity contribution in [1.29, 1.82) is 0 Å². The highest BCUT2D eigenvalue weighted by atomic mass is 79.9. The molecule has 0 aliphatic heterocycles. The van der Waals surface area contributed by atoms with Gasteiger partial charge in [-0.05, 0) is 15.9 Å². The molecular weight excluding hydrogens is 248 g/mol. The Morgan fingerprint density at radius 1 is 1.58 bits per heavy atom. The van der Waals surface area contributed by atoms with E-state index in [-0.39, 0.29) is 10.8 Å². The molecule has 0 atom stereocenters. The van der Waals surface area contributed by atoms with Crippen LogP contribution in [0.1, 0.15) is 0 Å². The fourth-order valence-corrected chi connectivity index (χ4v) is 1.06. The third-order valence-electron chi connectivity index (χ3n) is 1.02. The van der Waals surface area contributed by atoms with Gasteiger partial charge in [-0.2, -0.15) is 0 Å². The van der Waals surface area contributed by atoms with Crippen LogP contribution in [-0.4, -0.2) is 22.4 Å². The summed E-state index contributed by atoms with van der Waals surface area (Å²) in [4.78, 5) is 3.79. The van der Waals surface area contributed by atoms with Crippen LogP contribution < -0.4 is 4.65 Å². The molecule has 12 heavy (non-hydrogen) atoms. The molecular formula is C5H4BBrClNO3. The average Bonchev–Trinajstić information content (AvgIpc) is 1.96. The predicted octanol–water partition coefficient (Wildman–Crippen LogP) is 0.846. The average molecular weight is 252 g/mol. The number of hydrogen-bond donors (Lipinski definition) is 2. The molecule has 0 radical (unpaired) electrons. The standard InChI is InChI=1S/C5H4BBrClNO3/c7-5-1-4(12-6(10)11)3(8)2-9-5/h1-2,10-11H. The first-order valence-corrected chi connectivity index (χ1v) is 4.10. The largest absolute Gasteiger partial charge is 0.707 e. The van der Waals surface area contributed by atoms with Crippen molar-refractivity contribution in [1.82, 2.24) is 4.98 Å².